The summed E-state index contributed by atoms with van der Waals surface area (Å²) in [7, 11) is 0. The van der Waals surface area contributed by atoms with Gasteiger partial charge in [0.05, 0.1) is 0 Å². The second-order valence-corrected chi connectivity index (χ2v) is 7.62. The van der Waals surface area contributed by atoms with Crippen LogP contribution >= 0.6 is 0 Å². The van der Waals surface area contributed by atoms with Crippen LogP contribution in [-0.4, -0.2) is 30.1 Å². The molecule has 0 radical (unpaired) electrons. The van der Waals surface area contributed by atoms with Gasteiger partial charge in [-0.1, -0.05) is 12.1 Å². The van der Waals surface area contributed by atoms with Gasteiger partial charge in [0, 0.05) is 30.8 Å². The van der Waals surface area contributed by atoms with E-state index in [2.05, 4.69) is 16.0 Å². The number of nitrogens with one attached hydrogen (secondary N) is 3. The van der Waals surface area contributed by atoms with E-state index in [1.807, 2.05) is 6.07 Å². The van der Waals surface area contributed by atoms with E-state index in [-0.39, 0.29) is 31.3 Å². The Morgan fingerprint density at radius 1 is 1.00 bits per heavy atom. The van der Waals surface area contributed by atoms with Crippen molar-refractivity contribution >= 4 is 23.6 Å². The lowest BCUT2D eigenvalue weighted by Gasteiger charge is -2.19. The Kier molecular flexibility index (Phi) is 7.91. The van der Waals surface area contributed by atoms with Gasteiger partial charge < -0.3 is 20.7 Å². The van der Waals surface area contributed by atoms with Crippen LogP contribution in [0.2, 0.25) is 0 Å². The quantitative estimate of drug-likeness (QED) is 0.644. The third-order valence-electron chi connectivity index (χ3n) is 3.80. The van der Waals surface area contributed by atoms with E-state index >= 15 is 0 Å². The summed E-state index contributed by atoms with van der Waals surface area (Å²) in [5.74, 6) is -0.998. The first-order valence-corrected chi connectivity index (χ1v) is 9.52. The van der Waals surface area contributed by atoms with Crippen molar-refractivity contribution in [2.75, 3.05) is 11.9 Å². The molecule has 3 N–H and O–H groups in total. The van der Waals surface area contributed by atoms with Crippen molar-refractivity contribution in [3.63, 3.8) is 0 Å². The van der Waals surface area contributed by atoms with Gasteiger partial charge >= 0.3 is 6.09 Å². The van der Waals surface area contributed by atoms with Crippen molar-refractivity contribution in [2.24, 2.45) is 0 Å². The number of hydrogen-bond acceptors (Lipinski definition) is 4. The highest BCUT2D eigenvalue weighted by atomic mass is 19.1. The van der Waals surface area contributed by atoms with Gasteiger partial charge in [0.1, 0.15) is 11.4 Å². The molecule has 2 aromatic rings. The van der Waals surface area contributed by atoms with Gasteiger partial charge in [0.2, 0.25) is 5.91 Å². The maximum atomic E-state index is 13.0. The summed E-state index contributed by atoms with van der Waals surface area (Å²) in [5.41, 5.74) is 1.10. The van der Waals surface area contributed by atoms with Crippen molar-refractivity contribution in [3.8, 4) is 0 Å². The maximum absolute atomic E-state index is 13.0. The summed E-state index contributed by atoms with van der Waals surface area (Å²) in [6.45, 7) is 5.71. The Morgan fingerprint density at radius 2 is 1.70 bits per heavy atom. The summed E-state index contributed by atoms with van der Waals surface area (Å²) < 4.78 is 18.1. The molecule has 0 unspecified atom stereocenters. The highest BCUT2D eigenvalue weighted by Crippen LogP contribution is 2.13. The van der Waals surface area contributed by atoms with Crippen molar-refractivity contribution in [1.82, 2.24) is 10.6 Å². The number of alkyl carbamates (subject to hydrolysis) is 1. The smallest absolute Gasteiger partial charge is 0.407 e. The number of ether oxygens (including phenoxy) is 1. The molecule has 0 bridgehead atoms. The summed E-state index contributed by atoms with van der Waals surface area (Å²) in [5, 5.41) is 8.01. The van der Waals surface area contributed by atoms with E-state index in [0.29, 0.717) is 11.3 Å². The molecule has 0 heterocycles. The molecule has 0 saturated carbocycles. The van der Waals surface area contributed by atoms with Crippen LogP contribution in [0.1, 0.15) is 43.1 Å². The lowest BCUT2D eigenvalue weighted by atomic mass is 10.1. The fourth-order valence-corrected chi connectivity index (χ4v) is 2.44. The Balaban J connectivity index is 1.78. The monoisotopic (exact) mass is 415 g/mol. The molecular weight excluding hydrogens is 389 g/mol. The first-order valence-electron chi connectivity index (χ1n) is 9.52. The number of hydrogen-bond donors (Lipinski definition) is 3. The summed E-state index contributed by atoms with van der Waals surface area (Å²) >= 11 is 0. The second kappa shape index (κ2) is 10.4. The lowest BCUT2D eigenvalue weighted by Crippen LogP contribution is -2.35. The number of carbonyl (C=O) groups excluding carboxylic acids is 3. The largest absolute Gasteiger partial charge is 0.444 e. The van der Waals surface area contributed by atoms with Gasteiger partial charge in [0.15, 0.2) is 0 Å². The second-order valence-electron chi connectivity index (χ2n) is 7.62. The van der Waals surface area contributed by atoms with E-state index in [1.165, 1.54) is 24.3 Å². The van der Waals surface area contributed by atoms with Gasteiger partial charge in [-0.25, -0.2) is 9.18 Å². The molecule has 0 aromatic heterocycles. The molecule has 2 aromatic carbocycles. The fraction of sp³-hybridized carbons (Fsp3) is 0.318. The van der Waals surface area contributed by atoms with Crippen molar-refractivity contribution < 1.29 is 23.5 Å². The Labute approximate surface area is 175 Å². The van der Waals surface area contributed by atoms with Crippen LogP contribution in [0, 0.1) is 5.82 Å². The van der Waals surface area contributed by atoms with Gasteiger partial charge in [-0.15, -0.1) is 0 Å². The molecular formula is C22H26FN3O4. The van der Waals surface area contributed by atoms with E-state index < -0.39 is 17.5 Å². The Morgan fingerprint density at radius 3 is 2.37 bits per heavy atom. The lowest BCUT2D eigenvalue weighted by molar-refractivity contribution is -0.121. The van der Waals surface area contributed by atoms with Gasteiger partial charge in [-0.05, 0) is 62.7 Å². The highest BCUT2D eigenvalue weighted by molar-refractivity contribution is 6.04. The normalized spacial score (nSPS) is 10.8. The average Bonchev–Trinajstić information content (AvgIpc) is 2.66. The number of rotatable bonds is 7. The molecule has 0 spiro atoms. The Bertz CT molecular complexity index is 892. The first-order chi connectivity index (χ1) is 14.1. The van der Waals surface area contributed by atoms with Crippen molar-refractivity contribution in [2.45, 2.75) is 39.3 Å². The van der Waals surface area contributed by atoms with Crippen molar-refractivity contribution in [1.29, 1.82) is 0 Å². The summed E-state index contributed by atoms with van der Waals surface area (Å²) in [6, 6.07) is 12.3. The predicted octanol–water partition coefficient (Wildman–Crippen LogP) is 3.61. The van der Waals surface area contributed by atoms with Crippen LogP contribution in [-0.2, 0) is 16.1 Å². The molecule has 7 nitrogen and oxygen atoms in total. The zero-order valence-electron chi connectivity index (χ0n) is 17.3. The molecule has 2 rings (SSSR count). The molecule has 8 heteroatoms. The van der Waals surface area contributed by atoms with Gasteiger partial charge in [-0.3, -0.25) is 9.59 Å². The Hall–Kier alpha value is -3.42. The zero-order valence-corrected chi connectivity index (χ0v) is 17.3. The standard InChI is InChI=1S/C22H26FN3O4/c1-22(2,3)30-21(29)24-12-11-19(27)25-14-15-5-4-6-18(13-15)26-20(28)16-7-9-17(23)10-8-16/h4-10,13H,11-12,14H2,1-3H3,(H,24,29)(H,25,27)(H,26,28). The fourth-order valence-electron chi connectivity index (χ4n) is 2.44. The maximum Gasteiger partial charge on any atom is 0.407 e. The topological polar surface area (TPSA) is 96.5 Å². The summed E-state index contributed by atoms with van der Waals surface area (Å²) in [6.07, 6.45) is -0.458. The third-order valence-corrected chi connectivity index (χ3v) is 3.80. The van der Waals surface area contributed by atoms with E-state index in [4.69, 9.17) is 4.74 Å². The third kappa shape index (κ3) is 8.30. The van der Waals surface area contributed by atoms with Crippen LogP contribution < -0.4 is 16.0 Å². The number of anilines is 1. The molecule has 0 aliphatic carbocycles. The molecule has 30 heavy (non-hydrogen) atoms. The van der Waals surface area contributed by atoms with Crippen LogP contribution in [0.25, 0.3) is 0 Å². The minimum Gasteiger partial charge on any atom is -0.444 e. The van der Waals surface area contributed by atoms with Gasteiger partial charge in [0.25, 0.3) is 5.91 Å². The van der Waals surface area contributed by atoms with Crippen LogP contribution in [0.3, 0.4) is 0 Å². The SMILES string of the molecule is CC(C)(C)OC(=O)NCCC(=O)NCc1cccc(NC(=O)c2ccc(F)cc2)c1. The molecule has 3 amide bonds. The highest BCUT2D eigenvalue weighted by Gasteiger charge is 2.15. The van der Waals surface area contributed by atoms with E-state index in [9.17, 15) is 18.8 Å². The van der Waals surface area contributed by atoms with Crippen LogP contribution in [0.5, 0.6) is 0 Å². The molecule has 0 fully saturated rings. The zero-order chi connectivity index (χ0) is 22.1. The average molecular weight is 415 g/mol. The number of halogens is 1. The number of amides is 3. The predicted molar refractivity (Wildman–Crippen MR) is 111 cm³/mol. The van der Waals surface area contributed by atoms with Gasteiger partial charge in [-0.2, -0.15) is 0 Å². The molecule has 0 aliphatic heterocycles. The molecule has 0 aliphatic rings. The first kappa shape index (κ1) is 22.9. The van der Waals surface area contributed by atoms with E-state index in [1.54, 1.807) is 39.0 Å². The van der Waals surface area contributed by atoms with Crippen molar-refractivity contribution in [3.05, 3.63) is 65.5 Å². The van der Waals surface area contributed by atoms with E-state index in [0.717, 1.165) is 5.56 Å². The van der Waals surface area contributed by atoms with Crippen LogP contribution in [0.4, 0.5) is 14.9 Å². The minimum atomic E-state index is -0.594. The van der Waals surface area contributed by atoms with Crippen LogP contribution in [0.15, 0.2) is 48.5 Å². The minimum absolute atomic E-state index is 0.111. The molecule has 0 saturated heterocycles. The number of carbonyl (C=O) groups is 3. The molecule has 160 valence electrons. The number of benzene rings is 2. The summed E-state index contributed by atoms with van der Waals surface area (Å²) in [4.78, 5) is 35.7. The molecule has 0 atom stereocenters.